The molecule has 1 N–H and O–H groups in total. The molecule has 21 heavy (non-hydrogen) atoms. The number of anilines is 1. The first kappa shape index (κ1) is 13.5. The number of carbonyl (C=O) groups is 1. The van der Waals surface area contributed by atoms with Crippen LogP contribution < -0.4 is 4.90 Å². The van der Waals surface area contributed by atoms with Crippen molar-refractivity contribution < 1.29 is 14.3 Å². The Balaban J connectivity index is 1.78. The van der Waals surface area contributed by atoms with E-state index >= 15 is 0 Å². The van der Waals surface area contributed by atoms with E-state index in [1.807, 2.05) is 11.0 Å². The molecule has 2 heterocycles. The van der Waals surface area contributed by atoms with Gasteiger partial charge in [-0.05, 0) is 36.2 Å². The zero-order valence-electron chi connectivity index (χ0n) is 11.4. The molecule has 1 aromatic carbocycles. The molecule has 1 aliphatic heterocycles. The van der Waals surface area contributed by atoms with E-state index in [9.17, 15) is 9.18 Å². The molecule has 4 nitrogen and oxygen atoms in total. The number of carboxylic acid groups (broad SMARTS) is 1. The second-order valence-corrected chi connectivity index (χ2v) is 5.17. The number of hydrogen-bond acceptors (Lipinski definition) is 3. The van der Waals surface area contributed by atoms with Crippen molar-refractivity contribution in [3.8, 4) is 0 Å². The van der Waals surface area contributed by atoms with Crippen LogP contribution in [0.25, 0.3) is 0 Å². The number of rotatable bonds is 3. The molecule has 5 heteroatoms. The summed E-state index contributed by atoms with van der Waals surface area (Å²) in [4.78, 5) is 17.2. The molecule has 1 aliphatic rings. The predicted molar refractivity (Wildman–Crippen MR) is 77.2 cm³/mol. The van der Waals surface area contributed by atoms with Crippen LogP contribution in [-0.2, 0) is 0 Å². The number of halogens is 1. The van der Waals surface area contributed by atoms with Gasteiger partial charge >= 0.3 is 5.97 Å². The molecule has 0 bridgehead atoms. The average Bonchev–Trinajstić information content (AvgIpc) is 2.97. The largest absolute Gasteiger partial charge is 0.477 e. The standard InChI is InChI=1S/C16H15FN2O2/c17-13-4-1-3-11(9-13)12-7-8-19(10-12)15-6-2-5-14(18-15)16(20)21/h1-6,9,12H,7-8,10H2,(H,20,21). The van der Waals surface area contributed by atoms with Crippen LogP contribution in [-0.4, -0.2) is 29.1 Å². The van der Waals surface area contributed by atoms with Crippen molar-refractivity contribution in [3.63, 3.8) is 0 Å². The van der Waals surface area contributed by atoms with Crippen LogP contribution in [0, 0.1) is 5.82 Å². The lowest BCUT2D eigenvalue weighted by atomic mass is 9.98. The van der Waals surface area contributed by atoms with Gasteiger partial charge in [0.15, 0.2) is 5.69 Å². The van der Waals surface area contributed by atoms with E-state index in [0.717, 1.165) is 25.1 Å². The highest BCUT2D eigenvalue weighted by molar-refractivity contribution is 5.85. The highest BCUT2D eigenvalue weighted by Gasteiger charge is 2.25. The van der Waals surface area contributed by atoms with Crippen molar-refractivity contribution in [1.29, 1.82) is 0 Å². The number of pyridine rings is 1. The van der Waals surface area contributed by atoms with Gasteiger partial charge in [0.05, 0.1) is 0 Å². The predicted octanol–water partition coefficient (Wildman–Crippen LogP) is 2.91. The second kappa shape index (κ2) is 5.52. The van der Waals surface area contributed by atoms with Gasteiger partial charge in [-0.3, -0.25) is 0 Å². The summed E-state index contributed by atoms with van der Waals surface area (Å²) in [5.74, 6) is -0.348. The van der Waals surface area contributed by atoms with Gasteiger partial charge in [-0.2, -0.15) is 0 Å². The summed E-state index contributed by atoms with van der Waals surface area (Å²) < 4.78 is 13.3. The quantitative estimate of drug-likeness (QED) is 0.942. The topological polar surface area (TPSA) is 53.4 Å². The number of hydrogen-bond donors (Lipinski definition) is 1. The summed E-state index contributed by atoms with van der Waals surface area (Å²) in [6, 6.07) is 11.6. The Labute approximate surface area is 121 Å². The number of nitrogens with zero attached hydrogens (tertiary/aromatic N) is 2. The summed E-state index contributed by atoms with van der Waals surface area (Å²) >= 11 is 0. The fourth-order valence-corrected chi connectivity index (χ4v) is 2.72. The van der Waals surface area contributed by atoms with Crippen LogP contribution >= 0.6 is 0 Å². The number of benzene rings is 1. The van der Waals surface area contributed by atoms with Crippen molar-refractivity contribution in [2.45, 2.75) is 12.3 Å². The average molecular weight is 286 g/mol. The van der Waals surface area contributed by atoms with Crippen LogP contribution in [0.15, 0.2) is 42.5 Å². The first-order chi connectivity index (χ1) is 10.1. The third kappa shape index (κ3) is 2.86. The number of aromatic nitrogens is 1. The first-order valence-corrected chi connectivity index (χ1v) is 6.84. The Kier molecular flexibility index (Phi) is 3.56. The second-order valence-electron chi connectivity index (χ2n) is 5.17. The van der Waals surface area contributed by atoms with Crippen molar-refractivity contribution in [2.75, 3.05) is 18.0 Å². The molecule has 0 saturated carbocycles. The zero-order chi connectivity index (χ0) is 14.8. The normalized spacial score (nSPS) is 18.0. The van der Waals surface area contributed by atoms with E-state index in [4.69, 9.17) is 5.11 Å². The molecule has 1 atom stereocenters. The Morgan fingerprint density at radius 3 is 2.86 bits per heavy atom. The first-order valence-electron chi connectivity index (χ1n) is 6.84. The Morgan fingerprint density at radius 1 is 1.29 bits per heavy atom. The maximum Gasteiger partial charge on any atom is 0.354 e. The van der Waals surface area contributed by atoms with Gasteiger partial charge in [0.2, 0.25) is 0 Å². The molecular formula is C16H15FN2O2. The van der Waals surface area contributed by atoms with Crippen molar-refractivity contribution in [1.82, 2.24) is 4.98 Å². The van der Waals surface area contributed by atoms with Crippen LogP contribution in [0.4, 0.5) is 10.2 Å². The Hall–Kier alpha value is -2.43. The summed E-state index contributed by atoms with van der Waals surface area (Å²) in [6.07, 6.45) is 0.905. The SMILES string of the molecule is O=C(O)c1cccc(N2CCC(c3cccc(F)c3)C2)n1. The molecule has 1 saturated heterocycles. The minimum atomic E-state index is -1.03. The minimum Gasteiger partial charge on any atom is -0.477 e. The molecule has 1 fully saturated rings. The fourth-order valence-electron chi connectivity index (χ4n) is 2.72. The molecule has 3 rings (SSSR count). The maximum absolute atomic E-state index is 13.3. The van der Waals surface area contributed by atoms with Crippen molar-refractivity contribution >= 4 is 11.8 Å². The summed E-state index contributed by atoms with van der Waals surface area (Å²) in [5.41, 5.74) is 1.02. The summed E-state index contributed by atoms with van der Waals surface area (Å²) in [6.45, 7) is 1.51. The maximum atomic E-state index is 13.3. The molecule has 108 valence electrons. The Morgan fingerprint density at radius 2 is 2.10 bits per heavy atom. The van der Waals surface area contributed by atoms with Crippen LogP contribution in [0.5, 0.6) is 0 Å². The van der Waals surface area contributed by atoms with Gasteiger partial charge in [0, 0.05) is 19.0 Å². The highest BCUT2D eigenvalue weighted by atomic mass is 19.1. The Bertz CT molecular complexity index is 675. The molecule has 0 radical (unpaired) electrons. The van der Waals surface area contributed by atoms with Gasteiger partial charge in [-0.25, -0.2) is 14.2 Å². The van der Waals surface area contributed by atoms with E-state index < -0.39 is 5.97 Å². The molecule has 1 aromatic heterocycles. The third-order valence-electron chi connectivity index (χ3n) is 3.79. The van der Waals surface area contributed by atoms with Crippen LogP contribution in [0.1, 0.15) is 28.4 Å². The molecule has 0 aliphatic carbocycles. The zero-order valence-corrected chi connectivity index (χ0v) is 11.4. The van der Waals surface area contributed by atoms with Crippen molar-refractivity contribution in [3.05, 3.63) is 59.5 Å². The van der Waals surface area contributed by atoms with Gasteiger partial charge in [-0.15, -0.1) is 0 Å². The molecule has 1 unspecified atom stereocenters. The van der Waals surface area contributed by atoms with E-state index in [1.54, 1.807) is 24.3 Å². The lowest BCUT2D eigenvalue weighted by molar-refractivity contribution is 0.0690. The van der Waals surface area contributed by atoms with E-state index in [1.165, 1.54) is 12.1 Å². The van der Waals surface area contributed by atoms with E-state index in [-0.39, 0.29) is 17.4 Å². The smallest absolute Gasteiger partial charge is 0.354 e. The van der Waals surface area contributed by atoms with Gasteiger partial charge in [0.1, 0.15) is 11.6 Å². The van der Waals surface area contributed by atoms with Crippen molar-refractivity contribution in [2.24, 2.45) is 0 Å². The number of carboxylic acids is 1. The minimum absolute atomic E-state index is 0.0432. The van der Waals surface area contributed by atoms with Crippen LogP contribution in [0.2, 0.25) is 0 Å². The van der Waals surface area contributed by atoms with Gasteiger partial charge in [-0.1, -0.05) is 18.2 Å². The van der Waals surface area contributed by atoms with Gasteiger partial charge < -0.3 is 10.0 Å². The van der Waals surface area contributed by atoms with Gasteiger partial charge in [0.25, 0.3) is 0 Å². The summed E-state index contributed by atoms with van der Waals surface area (Å²) in [7, 11) is 0. The lowest BCUT2D eigenvalue weighted by Crippen LogP contribution is -2.21. The molecular weight excluding hydrogens is 271 g/mol. The molecule has 2 aromatic rings. The summed E-state index contributed by atoms with van der Waals surface area (Å²) in [5, 5.41) is 8.99. The third-order valence-corrected chi connectivity index (χ3v) is 3.79. The number of aromatic carboxylic acids is 1. The molecule has 0 amide bonds. The van der Waals surface area contributed by atoms with Crippen LogP contribution in [0.3, 0.4) is 0 Å². The highest BCUT2D eigenvalue weighted by Crippen LogP contribution is 2.30. The lowest BCUT2D eigenvalue weighted by Gasteiger charge is -2.18. The van der Waals surface area contributed by atoms with E-state index in [2.05, 4.69) is 4.98 Å². The monoisotopic (exact) mass is 286 g/mol. The fraction of sp³-hybridized carbons (Fsp3) is 0.250. The molecule has 0 spiro atoms. The van der Waals surface area contributed by atoms with E-state index in [0.29, 0.717) is 5.82 Å².